The first-order chi connectivity index (χ1) is 9.79. The molecule has 2 N–H and O–H groups in total. The second-order valence-electron chi connectivity index (χ2n) is 5.43. The summed E-state index contributed by atoms with van der Waals surface area (Å²) in [6, 6.07) is 4.98. The van der Waals surface area contributed by atoms with E-state index in [1.807, 2.05) is 13.8 Å². The van der Waals surface area contributed by atoms with Gasteiger partial charge < -0.3 is 10.4 Å². The summed E-state index contributed by atoms with van der Waals surface area (Å²) >= 11 is 9.19. The number of nitrogens with one attached hydrogen (secondary N) is 1. The molecular formula is C15H19BrClNO3. The van der Waals surface area contributed by atoms with E-state index >= 15 is 0 Å². The SMILES string of the molecule is CC(C)CC(CNC(=O)c1cc(Cl)ccc1Br)CC(=O)O. The zero-order chi connectivity index (χ0) is 16.0. The van der Waals surface area contributed by atoms with Gasteiger partial charge in [-0.3, -0.25) is 9.59 Å². The van der Waals surface area contributed by atoms with E-state index in [0.29, 0.717) is 27.5 Å². The van der Waals surface area contributed by atoms with Crippen molar-refractivity contribution in [3.8, 4) is 0 Å². The lowest BCUT2D eigenvalue weighted by molar-refractivity contribution is -0.138. The fraction of sp³-hybridized carbons (Fsp3) is 0.467. The van der Waals surface area contributed by atoms with Crippen molar-refractivity contribution in [1.82, 2.24) is 5.32 Å². The quantitative estimate of drug-likeness (QED) is 0.756. The average Bonchev–Trinajstić information content (AvgIpc) is 2.37. The number of amides is 1. The van der Waals surface area contributed by atoms with Crippen LogP contribution < -0.4 is 5.32 Å². The van der Waals surface area contributed by atoms with Gasteiger partial charge in [0.05, 0.1) is 5.56 Å². The van der Waals surface area contributed by atoms with Crippen molar-refractivity contribution in [2.45, 2.75) is 26.7 Å². The minimum atomic E-state index is -0.848. The molecule has 1 aromatic rings. The van der Waals surface area contributed by atoms with Gasteiger partial charge in [-0.25, -0.2) is 0 Å². The Bertz CT molecular complexity index is 520. The van der Waals surface area contributed by atoms with Crippen LogP contribution in [0.2, 0.25) is 5.02 Å². The van der Waals surface area contributed by atoms with E-state index in [2.05, 4.69) is 21.2 Å². The Hall–Kier alpha value is -1.07. The maximum absolute atomic E-state index is 12.1. The van der Waals surface area contributed by atoms with Gasteiger partial charge in [0.25, 0.3) is 5.91 Å². The maximum atomic E-state index is 12.1. The van der Waals surface area contributed by atoms with E-state index in [0.717, 1.165) is 6.42 Å². The highest BCUT2D eigenvalue weighted by Gasteiger charge is 2.17. The zero-order valence-electron chi connectivity index (χ0n) is 12.0. The van der Waals surface area contributed by atoms with Gasteiger partial charge in [-0.1, -0.05) is 25.4 Å². The van der Waals surface area contributed by atoms with Gasteiger partial charge in [0.15, 0.2) is 0 Å². The molecule has 0 bridgehead atoms. The highest BCUT2D eigenvalue weighted by atomic mass is 79.9. The largest absolute Gasteiger partial charge is 0.481 e. The summed E-state index contributed by atoms with van der Waals surface area (Å²) < 4.78 is 0.656. The Balaban J connectivity index is 2.68. The Morgan fingerprint density at radius 2 is 2.05 bits per heavy atom. The molecule has 1 unspecified atom stereocenters. The highest BCUT2D eigenvalue weighted by Crippen LogP contribution is 2.21. The molecule has 4 nitrogen and oxygen atoms in total. The average molecular weight is 377 g/mol. The van der Waals surface area contributed by atoms with Crippen LogP contribution in [0.15, 0.2) is 22.7 Å². The van der Waals surface area contributed by atoms with Crippen LogP contribution >= 0.6 is 27.5 Å². The van der Waals surface area contributed by atoms with Crippen molar-refractivity contribution in [1.29, 1.82) is 0 Å². The van der Waals surface area contributed by atoms with Crippen LogP contribution in [0.25, 0.3) is 0 Å². The van der Waals surface area contributed by atoms with E-state index < -0.39 is 5.97 Å². The minimum absolute atomic E-state index is 0.0508. The van der Waals surface area contributed by atoms with E-state index in [-0.39, 0.29) is 18.2 Å². The smallest absolute Gasteiger partial charge is 0.303 e. The molecule has 0 aliphatic carbocycles. The van der Waals surface area contributed by atoms with Gasteiger partial charge in [0.1, 0.15) is 0 Å². The third-order valence-electron chi connectivity index (χ3n) is 2.99. The Morgan fingerprint density at radius 1 is 1.38 bits per heavy atom. The highest BCUT2D eigenvalue weighted by molar-refractivity contribution is 9.10. The van der Waals surface area contributed by atoms with Gasteiger partial charge in [0.2, 0.25) is 0 Å². The fourth-order valence-corrected chi connectivity index (χ4v) is 2.76. The summed E-state index contributed by atoms with van der Waals surface area (Å²) in [4.78, 5) is 23.0. The van der Waals surface area contributed by atoms with Crippen LogP contribution in [0.4, 0.5) is 0 Å². The number of benzene rings is 1. The number of rotatable bonds is 7. The molecule has 1 aromatic carbocycles. The van der Waals surface area contributed by atoms with E-state index in [1.54, 1.807) is 18.2 Å². The Morgan fingerprint density at radius 3 is 2.62 bits per heavy atom. The van der Waals surface area contributed by atoms with Crippen molar-refractivity contribution >= 4 is 39.4 Å². The molecule has 0 aliphatic heterocycles. The third-order valence-corrected chi connectivity index (χ3v) is 3.92. The van der Waals surface area contributed by atoms with Gasteiger partial charge in [-0.05, 0) is 52.4 Å². The molecule has 0 saturated heterocycles. The lowest BCUT2D eigenvalue weighted by Gasteiger charge is -2.18. The molecule has 0 aromatic heterocycles. The lowest BCUT2D eigenvalue weighted by Crippen LogP contribution is -2.31. The standard InChI is InChI=1S/C15H19BrClNO3/c1-9(2)5-10(6-14(19)20)8-18-15(21)12-7-11(17)3-4-13(12)16/h3-4,7,9-10H,5-6,8H2,1-2H3,(H,18,21)(H,19,20). The maximum Gasteiger partial charge on any atom is 0.303 e. The molecule has 1 amide bonds. The fourth-order valence-electron chi connectivity index (χ4n) is 2.16. The van der Waals surface area contributed by atoms with Crippen LogP contribution in [0, 0.1) is 11.8 Å². The number of carboxylic acids is 1. The van der Waals surface area contributed by atoms with Crippen LogP contribution in [0.3, 0.4) is 0 Å². The van der Waals surface area contributed by atoms with Crippen molar-refractivity contribution < 1.29 is 14.7 Å². The number of carbonyl (C=O) groups excluding carboxylic acids is 1. The topological polar surface area (TPSA) is 66.4 Å². The predicted octanol–water partition coefficient (Wildman–Crippen LogP) is 3.97. The van der Waals surface area contributed by atoms with Gasteiger partial charge in [0, 0.05) is 22.5 Å². The number of hydrogen-bond donors (Lipinski definition) is 2. The van der Waals surface area contributed by atoms with Crippen molar-refractivity contribution in [3.63, 3.8) is 0 Å². The van der Waals surface area contributed by atoms with E-state index in [9.17, 15) is 9.59 Å². The Labute approximate surface area is 138 Å². The van der Waals surface area contributed by atoms with Crippen LogP contribution in [-0.2, 0) is 4.79 Å². The molecule has 0 fully saturated rings. The molecule has 0 radical (unpaired) electrons. The second-order valence-corrected chi connectivity index (χ2v) is 6.72. The summed E-state index contributed by atoms with van der Waals surface area (Å²) in [7, 11) is 0. The van der Waals surface area contributed by atoms with Crippen molar-refractivity contribution in [2.24, 2.45) is 11.8 Å². The number of carbonyl (C=O) groups is 2. The molecule has 0 saturated carbocycles. The Kier molecular flexibility index (Phi) is 7.18. The number of carboxylic acid groups (broad SMARTS) is 1. The molecule has 0 aliphatic rings. The molecular weight excluding hydrogens is 358 g/mol. The molecule has 21 heavy (non-hydrogen) atoms. The summed E-state index contributed by atoms with van der Waals surface area (Å²) in [5, 5.41) is 12.2. The first-order valence-electron chi connectivity index (χ1n) is 6.74. The van der Waals surface area contributed by atoms with Gasteiger partial charge in [-0.2, -0.15) is 0 Å². The van der Waals surface area contributed by atoms with Gasteiger partial charge >= 0.3 is 5.97 Å². The zero-order valence-corrected chi connectivity index (χ0v) is 14.4. The molecule has 1 atom stereocenters. The van der Waals surface area contributed by atoms with Crippen molar-refractivity contribution in [2.75, 3.05) is 6.54 Å². The number of halogens is 2. The molecule has 0 heterocycles. The molecule has 1 rings (SSSR count). The summed E-state index contributed by atoms with van der Waals surface area (Å²) in [6.45, 7) is 4.40. The van der Waals surface area contributed by atoms with E-state index in [1.165, 1.54) is 0 Å². The number of aliphatic carboxylic acids is 1. The molecule has 6 heteroatoms. The number of hydrogen-bond acceptors (Lipinski definition) is 2. The summed E-state index contributed by atoms with van der Waals surface area (Å²) in [6.07, 6.45) is 0.804. The molecule has 0 spiro atoms. The summed E-state index contributed by atoms with van der Waals surface area (Å²) in [5.74, 6) is -0.809. The first kappa shape index (κ1) is 18.0. The first-order valence-corrected chi connectivity index (χ1v) is 7.91. The lowest BCUT2D eigenvalue weighted by atomic mass is 9.94. The van der Waals surface area contributed by atoms with E-state index in [4.69, 9.17) is 16.7 Å². The van der Waals surface area contributed by atoms with Gasteiger partial charge in [-0.15, -0.1) is 0 Å². The third kappa shape index (κ3) is 6.48. The summed E-state index contributed by atoms with van der Waals surface area (Å²) in [5.41, 5.74) is 0.445. The van der Waals surface area contributed by atoms with Crippen LogP contribution in [0.1, 0.15) is 37.0 Å². The normalized spacial score (nSPS) is 12.2. The van der Waals surface area contributed by atoms with Crippen LogP contribution in [0.5, 0.6) is 0 Å². The second kappa shape index (κ2) is 8.39. The van der Waals surface area contributed by atoms with Crippen LogP contribution in [-0.4, -0.2) is 23.5 Å². The minimum Gasteiger partial charge on any atom is -0.481 e. The predicted molar refractivity (Wildman–Crippen MR) is 86.7 cm³/mol. The monoisotopic (exact) mass is 375 g/mol. The van der Waals surface area contributed by atoms with Crippen molar-refractivity contribution in [3.05, 3.63) is 33.3 Å². The molecule has 116 valence electrons.